The van der Waals surface area contributed by atoms with Crippen molar-refractivity contribution in [1.29, 1.82) is 0 Å². The number of sulfonamides is 1. The second-order valence-electron chi connectivity index (χ2n) is 5.44. The Hall–Kier alpha value is -2.77. The second kappa shape index (κ2) is 7.00. The van der Waals surface area contributed by atoms with E-state index in [-0.39, 0.29) is 17.2 Å². The number of carbonyl (C=O) groups excluding carboxylic acids is 1. The van der Waals surface area contributed by atoms with Gasteiger partial charge in [-0.15, -0.1) is 0 Å². The lowest BCUT2D eigenvalue weighted by Crippen LogP contribution is -2.23. The third-order valence-electron chi connectivity index (χ3n) is 3.62. The minimum Gasteiger partial charge on any atom is -0.463 e. The third kappa shape index (κ3) is 4.01. The molecule has 7 heteroatoms. The Kier molecular flexibility index (Phi) is 4.78. The fraction of sp³-hybridized carbons (Fsp3) is 0.111. The van der Waals surface area contributed by atoms with E-state index in [1.54, 1.807) is 48.9 Å². The van der Waals surface area contributed by atoms with Gasteiger partial charge in [0.15, 0.2) is 11.5 Å². The van der Waals surface area contributed by atoms with E-state index in [1.807, 2.05) is 0 Å². The van der Waals surface area contributed by atoms with Crippen LogP contribution in [0, 0.1) is 0 Å². The molecule has 1 N–H and O–H groups in total. The summed E-state index contributed by atoms with van der Waals surface area (Å²) >= 11 is 0. The largest absolute Gasteiger partial charge is 0.463 e. The van der Waals surface area contributed by atoms with Gasteiger partial charge in [-0.3, -0.25) is 9.78 Å². The Bertz CT molecular complexity index is 978. The maximum absolute atomic E-state index is 12.4. The molecule has 0 aliphatic heterocycles. The Morgan fingerprint density at radius 2 is 2.00 bits per heavy atom. The fourth-order valence-electron chi connectivity index (χ4n) is 2.24. The average Bonchev–Trinajstić information content (AvgIpc) is 3.15. The van der Waals surface area contributed by atoms with Crippen molar-refractivity contribution in [2.75, 3.05) is 0 Å². The van der Waals surface area contributed by atoms with E-state index in [9.17, 15) is 13.2 Å². The Morgan fingerprint density at radius 1 is 1.16 bits per heavy atom. The summed E-state index contributed by atoms with van der Waals surface area (Å²) in [6.07, 6.45) is 3.15. The molecule has 0 fully saturated rings. The number of furan rings is 1. The number of hydrogen-bond acceptors (Lipinski definition) is 5. The summed E-state index contributed by atoms with van der Waals surface area (Å²) in [5.41, 5.74) is 1.74. The lowest BCUT2D eigenvalue weighted by Gasteiger charge is -2.08. The number of carbonyl (C=O) groups is 1. The van der Waals surface area contributed by atoms with Crippen molar-refractivity contribution in [3.05, 3.63) is 72.1 Å². The van der Waals surface area contributed by atoms with E-state index in [2.05, 4.69) is 9.71 Å². The van der Waals surface area contributed by atoms with Gasteiger partial charge < -0.3 is 4.42 Å². The number of nitrogens with one attached hydrogen (secondary N) is 1. The van der Waals surface area contributed by atoms with Gasteiger partial charge in [-0.1, -0.05) is 18.2 Å². The molecule has 128 valence electrons. The van der Waals surface area contributed by atoms with E-state index >= 15 is 0 Å². The lowest BCUT2D eigenvalue weighted by molar-refractivity contribution is 0.101. The minimum atomic E-state index is -3.72. The van der Waals surface area contributed by atoms with E-state index < -0.39 is 10.0 Å². The standard InChI is InChI=1S/C18H16N2O4S/c1-13(21)15-4-2-5-16(10-15)25(22,23)20-12-14-7-8-17(19-11-14)18-6-3-9-24-18/h2-11,20H,12H2,1H3. The summed E-state index contributed by atoms with van der Waals surface area (Å²) in [6.45, 7) is 1.49. The van der Waals surface area contributed by atoms with Gasteiger partial charge in [-0.05, 0) is 42.8 Å². The number of aromatic nitrogens is 1. The molecule has 0 aliphatic rings. The van der Waals surface area contributed by atoms with Crippen LogP contribution in [0.3, 0.4) is 0 Å². The topological polar surface area (TPSA) is 89.3 Å². The summed E-state index contributed by atoms with van der Waals surface area (Å²) in [7, 11) is -3.72. The molecule has 0 saturated carbocycles. The summed E-state index contributed by atoms with van der Waals surface area (Å²) in [5, 5.41) is 0. The van der Waals surface area contributed by atoms with Crippen molar-refractivity contribution in [3.8, 4) is 11.5 Å². The zero-order valence-electron chi connectivity index (χ0n) is 13.5. The van der Waals surface area contributed by atoms with Crippen LogP contribution in [0.1, 0.15) is 22.8 Å². The Balaban J connectivity index is 1.72. The molecule has 0 saturated heterocycles. The Morgan fingerprint density at radius 3 is 2.64 bits per heavy atom. The van der Waals surface area contributed by atoms with Gasteiger partial charge in [-0.25, -0.2) is 13.1 Å². The normalized spacial score (nSPS) is 11.4. The smallest absolute Gasteiger partial charge is 0.240 e. The van der Waals surface area contributed by atoms with Crippen LogP contribution in [-0.4, -0.2) is 19.2 Å². The van der Waals surface area contributed by atoms with Crippen molar-refractivity contribution in [3.63, 3.8) is 0 Å². The first kappa shape index (κ1) is 17.1. The van der Waals surface area contributed by atoms with Crippen LogP contribution in [0.2, 0.25) is 0 Å². The molecule has 0 spiro atoms. The zero-order valence-corrected chi connectivity index (χ0v) is 14.3. The van der Waals surface area contributed by atoms with E-state index in [1.165, 1.54) is 19.1 Å². The predicted octanol–water partition coefficient (Wildman–Crippen LogP) is 3.02. The quantitative estimate of drug-likeness (QED) is 0.686. The summed E-state index contributed by atoms with van der Waals surface area (Å²) < 4.78 is 32.5. The molecule has 0 amide bonds. The first-order chi connectivity index (χ1) is 12.0. The molecule has 0 radical (unpaired) electrons. The highest BCUT2D eigenvalue weighted by atomic mass is 32.2. The van der Waals surface area contributed by atoms with Crippen LogP contribution in [0.15, 0.2) is 70.3 Å². The summed E-state index contributed by atoms with van der Waals surface area (Å²) in [4.78, 5) is 15.7. The molecule has 25 heavy (non-hydrogen) atoms. The predicted molar refractivity (Wildman–Crippen MR) is 92.4 cm³/mol. The highest BCUT2D eigenvalue weighted by Gasteiger charge is 2.15. The van der Waals surface area contributed by atoms with Gasteiger partial charge in [0.2, 0.25) is 10.0 Å². The number of rotatable bonds is 6. The molecule has 0 atom stereocenters. The van der Waals surface area contributed by atoms with Crippen LogP contribution >= 0.6 is 0 Å². The van der Waals surface area contributed by atoms with Crippen LogP contribution in [0.4, 0.5) is 0 Å². The number of ketones is 1. The zero-order chi connectivity index (χ0) is 17.9. The molecule has 0 unspecified atom stereocenters. The number of nitrogens with zero attached hydrogens (tertiary/aromatic N) is 1. The highest BCUT2D eigenvalue weighted by molar-refractivity contribution is 7.89. The number of benzene rings is 1. The summed E-state index contributed by atoms with van der Waals surface area (Å²) in [5.74, 6) is 0.461. The van der Waals surface area contributed by atoms with Gasteiger partial charge in [0.05, 0.1) is 11.2 Å². The van der Waals surface area contributed by atoms with E-state index in [0.717, 1.165) is 0 Å². The molecule has 2 heterocycles. The molecule has 2 aromatic heterocycles. The van der Waals surface area contributed by atoms with Crippen LogP contribution < -0.4 is 4.72 Å². The second-order valence-corrected chi connectivity index (χ2v) is 7.20. The average molecular weight is 356 g/mol. The maximum Gasteiger partial charge on any atom is 0.240 e. The van der Waals surface area contributed by atoms with Crippen molar-refractivity contribution >= 4 is 15.8 Å². The highest BCUT2D eigenvalue weighted by Crippen LogP contribution is 2.17. The first-order valence-corrected chi connectivity index (χ1v) is 9.03. The van der Waals surface area contributed by atoms with Gasteiger partial charge in [0, 0.05) is 18.3 Å². The SMILES string of the molecule is CC(=O)c1cccc(S(=O)(=O)NCc2ccc(-c3ccco3)nc2)c1. The van der Waals surface area contributed by atoms with Crippen LogP contribution in [-0.2, 0) is 16.6 Å². The van der Waals surface area contributed by atoms with Crippen molar-refractivity contribution in [2.45, 2.75) is 18.4 Å². The van der Waals surface area contributed by atoms with Crippen molar-refractivity contribution in [2.24, 2.45) is 0 Å². The molecule has 0 bridgehead atoms. The van der Waals surface area contributed by atoms with Crippen molar-refractivity contribution < 1.29 is 17.6 Å². The van der Waals surface area contributed by atoms with Crippen LogP contribution in [0.5, 0.6) is 0 Å². The Labute approximate surface area is 145 Å². The fourth-order valence-corrected chi connectivity index (χ4v) is 3.31. The maximum atomic E-state index is 12.4. The van der Waals surface area contributed by atoms with Crippen molar-refractivity contribution in [1.82, 2.24) is 9.71 Å². The van der Waals surface area contributed by atoms with Gasteiger partial charge >= 0.3 is 0 Å². The molecule has 0 aliphatic carbocycles. The van der Waals surface area contributed by atoms with Gasteiger partial charge in [0.1, 0.15) is 5.69 Å². The minimum absolute atomic E-state index is 0.0559. The first-order valence-electron chi connectivity index (χ1n) is 7.55. The molecule has 6 nitrogen and oxygen atoms in total. The number of hydrogen-bond donors (Lipinski definition) is 1. The third-order valence-corrected chi connectivity index (χ3v) is 5.01. The van der Waals surface area contributed by atoms with E-state index in [0.29, 0.717) is 22.6 Å². The van der Waals surface area contributed by atoms with Crippen LogP contribution in [0.25, 0.3) is 11.5 Å². The molecule has 1 aromatic carbocycles. The van der Waals surface area contributed by atoms with E-state index in [4.69, 9.17) is 4.42 Å². The summed E-state index contributed by atoms with van der Waals surface area (Å²) in [6, 6.07) is 13.1. The molecule has 3 aromatic rings. The number of pyridine rings is 1. The molecular weight excluding hydrogens is 340 g/mol. The monoisotopic (exact) mass is 356 g/mol. The molecular formula is C18H16N2O4S. The number of Topliss-reactive ketones (excluding diaryl/α,β-unsaturated/α-hetero) is 1. The van der Waals surface area contributed by atoms with Gasteiger partial charge in [-0.2, -0.15) is 0 Å². The van der Waals surface area contributed by atoms with Gasteiger partial charge in [0.25, 0.3) is 0 Å². The lowest BCUT2D eigenvalue weighted by atomic mass is 10.2. The molecule has 3 rings (SSSR count).